The maximum Gasteiger partial charge on any atom is 0.319 e. The van der Waals surface area contributed by atoms with Crippen molar-refractivity contribution in [2.24, 2.45) is 0 Å². The molecule has 4 aromatic rings. The number of pyridine rings is 1. The van der Waals surface area contributed by atoms with Crippen LogP contribution >= 0.6 is 11.3 Å². The number of fused-ring (bicyclic) bond motifs is 3. The molecule has 48 heavy (non-hydrogen) atoms. The number of nitriles is 1. The average Bonchev–Trinajstić information content (AvgIpc) is 3.82. The first-order valence-electron chi connectivity index (χ1n) is 16.1. The molecule has 7 rings (SSSR count). The Morgan fingerprint density at radius 2 is 2.15 bits per heavy atom. The molecule has 10 nitrogen and oxygen atoms in total. The van der Waals surface area contributed by atoms with Crippen molar-refractivity contribution in [2.75, 3.05) is 43.4 Å². The molecule has 0 radical (unpaired) electrons. The number of carbonyl (C=O) groups is 1. The fourth-order valence-corrected chi connectivity index (χ4v) is 8.90. The van der Waals surface area contributed by atoms with Gasteiger partial charge in [0, 0.05) is 49.2 Å². The topological polar surface area (TPSA) is 125 Å². The molecule has 3 aliphatic heterocycles. The van der Waals surface area contributed by atoms with E-state index in [1.54, 1.807) is 4.90 Å². The Morgan fingerprint density at radius 3 is 2.90 bits per heavy atom. The van der Waals surface area contributed by atoms with Crippen molar-refractivity contribution in [1.82, 2.24) is 24.8 Å². The summed E-state index contributed by atoms with van der Waals surface area (Å²) >= 11 is 0.917. The molecule has 2 N–H and O–H groups in total. The lowest BCUT2D eigenvalue weighted by Gasteiger charge is -2.34. The van der Waals surface area contributed by atoms with Gasteiger partial charge in [-0.2, -0.15) is 15.2 Å². The van der Waals surface area contributed by atoms with E-state index in [-0.39, 0.29) is 68.0 Å². The third kappa shape index (κ3) is 5.02. The largest absolute Gasteiger partial charge is 0.461 e. The van der Waals surface area contributed by atoms with Gasteiger partial charge in [-0.25, -0.2) is 13.2 Å². The first-order valence-corrected chi connectivity index (χ1v) is 16.9. The van der Waals surface area contributed by atoms with Crippen LogP contribution in [-0.2, 0) is 4.79 Å². The summed E-state index contributed by atoms with van der Waals surface area (Å²) in [6, 6.07) is 4.17. The quantitative estimate of drug-likeness (QED) is 0.238. The highest BCUT2D eigenvalue weighted by molar-refractivity contribution is 7.23. The third-order valence-corrected chi connectivity index (χ3v) is 11.3. The Kier molecular flexibility index (Phi) is 8.15. The summed E-state index contributed by atoms with van der Waals surface area (Å²) in [7, 11) is 0. The number of halogens is 3. The van der Waals surface area contributed by atoms with Gasteiger partial charge in [-0.1, -0.05) is 6.58 Å². The summed E-state index contributed by atoms with van der Waals surface area (Å²) in [6.07, 6.45) is 4.50. The van der Waals surface area contributed by atoms with E-state index < -0.39 is 23.3 Å². The van der Waals surface area contributed by atoms with E-state index in [1.165, 1.54) is 24.4 Å². The molecular formula is C34H35F3N8O2S. The van der Waals surface area contributed by atoms with E-state index >= 15 is 4.39 Å². The molecule has 3 aliphatic rings. The third-order valence-electron chi connectivity index (χ3n) is 10.2. The Labute approximate surface area is 279 Å². The molecule has 6 heterocycles. The summed E-state index contributed by atoms with van der Waals surface area (Å²) in [5.41, 5.74) is 5.62. The molecule has 3 aromatic heterocycles. The molecule has 0 spiro atoms. The number of thiophene rings is 1. The number of nitrogens with zero attached hydrogens (tertiary/aromatic N) is 7. The molecule has 0 aliphatic carbocycles. The van der Waals surface area contributed by atoms with Gasteiger partial charge in [-0.05, 0) is 57.9 Å². The van der Waals surface area contributed by atoms with Gasteiger partial charge in [-0.3, -0.25) is 14.7 Å². The lowest BCUT2D eigenvalue weighted by molar-refractivity contribution is -0.126. The molecule has 4 atom stereocenters. The number of likely N-dealkylation sites (N-methyl/N-ethyl adjacent to an activating group) is 1. The average molecular weight is 677 g/mol. The molecule has 3 fully saturated rings. The van der Waals surface area contributed by atoms with E-state index in [4.69, 9.17) is 15.5 Å². The fourth-order valence-electron chi connectivity index (χ4n) is 7.95. The minimum absolute atomic E-state index is 0.0484. The van der Waals surface area contributed by atoms with Gasteiger partial charge in [-0.15, -0.1) is 11.3 Å². The lowest BCUT2D eigenvalue weighted by atomic mass is 9.95. The number of likely N-dealkylation sites (tertiary alicyclic amines) is 1. The number of ether oxygens (including phenoxy) is 1. The van der Waals surface area contributed by atoms with Gasteiger partial charge in [0.25, 0.3) is 0 Å². The second-order valence-corrected chi connectivity index (χ2v) is 13.8. The van der Waals surface area contributed by atoms with Crippen LogP contribution in [0.2, 0.25) is 0 Å². The molecule has 250 valence electrons. The highest BCUT2D eigenvalue weighted by atomic mass is 32.1. The van der Waals surface area contributed by atoms with Crippen LogP contribution in [0.4, 0.5) is 24.0 Å². The first kappa shape index (κ1) is 32.1. The monoisotopic (exact) mass is 676 g/mol. The fraction of sp³-hybridized carbons (Fsp3) is 0.441. The highest BCUT2D eigenvalue weighted by Gasteiger charge is 2.49. The van der Waals surface area contributed by atoms with Gasteiger partial charge >= 0.3 is 6.01 Å². The van der Waals surface area contributed by atoms with Gasteiger partial charge in [0.05, 0.1) is 27.2 Å². The normalized spacial score (nSPS) is 23.9. The summed E-state index contributed by atoms with van der Waals surface area (Å²) in [6.45, 7) is 9.81. The van der Waals surface area contributed by atoms with Crippen molar-refractivity contribution in [3.05, 3.63) is 48.2 Å². The molecule has 0 unspecified atom stereocenters. The number of nitrogens with two attached hydrogens (primary N) is 1. The highest BCUT2D eigenvalue weighted by Crippen LogP contribution is 2.43. The van der Waals surface area contributed by atoms with Crippen LogP contribution in [0.25, 0.3) is 32.2 Å². The molecule has 14 heteroatoms. The van der Waals surface area contributed by atoms with Crippen molar-refractivity contribution in [3.8, 4) is 23.3 Å². The van der Waals surface area contributed by atoms with Gasteiger partial charge < -0.3 is 20.3 Å². The number of hydrogen-bond donors (Lipinski definition) is 1. The van der Waals surface area contributed by atoms with Crippen LogP contribution in [0.5, 0.6) is 6.01 Å². The number of aromatic nitrogens is 3. The van der Waals surface area contributed by atoms with E-state index in [0.717, 1.165) is 30.7 Å². The van der Waals surface area contributed by atoms with Crippen molar-refractivity contribution in [3.63, 3.8) is 0 Å². The Bertz CT molecular complexity index is 2000. The minimum Gasteiger partial charge on any atom is -0.461 e. The van der Waals surface area contributed by atoms with Crippen LogP contribution in [0.3, 0.4) is 0 Å². The van der Waals surface area contributed by atoms with Crippen LogP contribution in [-0.4, -0.2) is 87.2 Å². The molecule has 1 amide bonds. The predicted octanol–water partition coefficient (Wildman–Crippen LogP) is 5.60. The zero-order valence-corrected chi connectivity index (χ0v) is 27.5. The second-order valence-electron chi connectivity index (χ2n) is 12.7. The smallest absolute Gasteiger partial charge is 0.319 e. The minimum atomic E-state index is -0.953. The summed E-state index contributed by atoms with van der Waals surface area (Å²) in [5.74, 6) is -1.16. The SMILES string of the molecule is C=CC(=O)N1CC[C@@H](N(CC)c2nc(OC[C@@]34CCCN3C[C@H](F)C4)nc3c(F)c(-c4ccc(F)c5sc(N)c(C#N)c45)ncc23)[C@@H]1C. The number of alkyl halides is 1. The number of rotatable bonds is 8. The lowest BCUT2D eigenvalue weighted by Crippen LogP contribution is -2.45. The van der Waals surface area contributed by atoms with Crippen LogP contribution in [0.15, 0.2) is 31.0 Å². The molecule has 3 saturated heterocycles. The van der Waals surface area contributed by atoms with Gasteiger partial charge in [0.2, 0.25) is 5.91 Å². The summed E-state index contributed by atoms with van der Waals surface area (Å²) in [4.78, 5) is 32.3. The molecule has 0 bridgehead atoms. The molecule has 0 saturated carbocycles. The van der Waals surface area contributed by atoms with E-state index in [0.29, 0.717) is 43.7 Å². The molecular weight excluding hydrogens is 641 g/mol. The zero-order chi connectivity index (χ0) is 33.9. The van der Waals surface area contributed by atoms with Gasteiger partial charge in [0.15, 0.2) is 5.82 Å². The Morgan fingerprint density at radius 1 is 1.33 bits per heavy atom. The number of hydrogen-bond acceptors (Lipinski definition) is 10. The number of anilines is 2. The van der Waals surface area contributed by atoms with Crippen LogP contribution in [0.1, 0.15) is 45.1 Å². The number of nitrogen functional groups attached to an aromatic ring is 1. The second kappa shape index (κ2) is 12.2. The van der Waals surface area contributed by atoms with E-state index in [2.05, 4.69) is 21.4 Å². The number of amides is 1. The van der Waals surface area contributed by atoms with Crippen molar-refractivity contribution >= 4 is 49.1 Å². The number of carbonyl (C=O) groups excluding carboxylic acids is 1. The Hall–Kier alpha value is -4.48. The van der Waals surface area contributed by atoms with E-state index in [1.807, 2.05) is 24.8 Å². The van der Waals surface area contributed by atoms with Crippen LogP contribution in [0, 0.1) is 23.0 Å². The van der Waals surface area contributed by atoms with Crippen molar-refractivity contribution in [2.45, 2.75) is 63.3 Å². The zero-order valence-electron chi connectivity index (χ0n) is 26.7. The van der Waals surface area contributed by atoms with Crippen molar-refractivity contribution < 1.29 is 22.7 Å². The summed E-state index contributed by atoms with van der Waals surface area (Å²) in [5, 5.41) is 10.5. The first-order chi connectivity index (χ1) is 23.1. The van der Waals surface area contributed by atoms with Gasteiger partial charge in [0.1, 0.15) is 46.7 Å². The predicted molar refractivity (Wildman–Crippen MR) is 179 cm³/mol. The summed E-state index contributed by atoms with van der Waals surface area (Å²) < 4.78 is 52.6. The maximum absolute atomic E-state index is 16.9. The van der Waals surface area contributed by atoms with Crippen LogP contribution < -0.4 is 15.4 Å². The number of benzene rings is 1. The van der Waals surface area contributed by atoms with E-state index in [9.17, 15) is 18.8 Å². The van der Waals surface area contributed by atoms with Crippen molar-refractivity contribution in [1.29, 1.82) is 5.26 Å². The Balaban J connectivity index is 1.37. The maximum atomic E-state index is 16.9. The molecule has 1 aromatic carbocycles. The standard InChI is InChI=1S/C34H35F3N8O2S/c1-4-25(46)45-12-9-24(18(45)3)44(5-2)32-22-15-40-28(20-7-8-23(36)30-26(20)21(14-38)31(39)48-30)27(37)29(22)41-33(42-32)47-17-34-10-6-11-43(34)16-19(35)13-34/h4,7-8,15,18-19,24H,1,5-6,9-13,16-17,39H2,2-3H3/t18-,19+,24+,34-/m0/s1.